The summed E-state index contributed by atoms with van der Waals surface area (Å²) in [5.41, 5.74) is 0. The largest absolute Gasteiger partial charge is 0.442 e. The van der Waals surface area contributed by atoms with Gasteiger partial charge in [0.2, 0.25) is 5.91 Å². The van der Waals surface area contributed by atoms with E-state index in [4.69, 9.17) is 4.74 Å². The number of halogens is 1. The fourth-order valence-electron chi connectivity index (χ4n) is 1.64. The van der Waals surface area contributed by atoms with Gasteiger partial charge >= 0.3 is 6.09 Å². The van der Waals surface area contributed by atoms with Crippen LogP contribution >= 0.6 is 0 Å². The van der Waals surface area contributed by atoms with Gasteiger partial charge in [0, 0.05) is 13.0 Å². The molecule has 1 N–H and O–H groups in total. The minimum atomic E-state index is -0.417. The highest BCUT2D eigenvalue weighted by Crippen LogP contribution is 2.16. The SMILES string of the molecule is CC(=O)NCC1CN(C(C)C/C=C/F)C(=O)O1. The minimum absolute atomic E-state index is 0.114. The number of carbonyl (C=O) groups excluding carboxylic acids is 2. The summed E-state index contributed by atoms with van der Waals surface area (Å²) in [6.45, 7) is 3.95. The number of cyclic esters (lactones) is 1. The first kappa shape index (κ1) is 13.5. The Balaban J connectivity index is 2.43. The molecule has 1 fully saturated rings. The van der Waals surface area contributed by atoms with Crippen LogP contribution in [0.5, 0.6) is 0 Å². The molecule has 1 aliphatic heterocycles. The Kier molecular flexibility index (Phi) is 4.93. The lowest BCUT2D eigenvalue weighted by atomic mass is 10.2. The molecule has 6 heteroatoms. The van der Waals surface area contributed by atoms with E-state index in [2.05, 4.69) is 5.32 Å². The van der Waals surface area contributed by atoms with Crippen molar-refractivity contribution in [1.82, 2.24) is 10.2 Å². The second kappa shape index (κ2) is 6.22. The number of hydrogen-bond acceptors (Lipinski definition) is 3. The van der Waals surface area contributed by atoms with E-state index in [9.17, 15) is 14.0 Å². The van der Waals surface area contributed by atoms with E-state index in [0.29, 0.717) is 25.8 Å². The van der Waals surface area contributed by atoms with Crippen LogP contribution in [0.1, 0.15) is 20.3 Å². The van der Waals surface area contributed by atoms with E-state index in [0.717, 1.165) is 0 Å². The van der Waals surface area contributed by atoms with Gasteiger partial charge in [-0.1, -0.05) is 6.08 Å². The quantitative estimate of drug-likeness (QED) is 0.790. The van der Waals surface area contributed by atoms with Crippen LogP contribution in [0.3, 0.4) is 0 Å². The van der Waals surface area contributed by atoms with Gasteiger partial charge in [0.25, 0.3) is 0 Å². The lowest BCUT2D eigenvalue weighted by Gasteiger charge is -2.20. The number of nitrogens with zero attached hydrogens (tertiary/aromatic N) is 1. The van der Waals surface area contributed by atoms with Crippen molar-refractivity contribution < 1.29 is 18.7 Å². The molecule has 0 spiro atoms. The van der Waals surface area contributed by atoms with Gasteiger partial charge in [-0.2, -0.15) is 0 Å². The summed E-state index contributed by atoms with van der Waals surface area (Å²) in [5, 5.41) is 2.59. The van der Waals surface area contributed by atoms with Gasteiger partial charge in [0.05, 0.1) is 19.4 Å². The molecule has 2 amide bonds. The van der Waals surface area contributed by atoms with Gasteiger partial charge in [-0.25, -0.2) is 9.18 Å². The summed E-state index contributed by atoms with van der Waals surface area (Å²) < 4.78 is 16.9. The van der Waals surface area contributed by atoms with Gasteiger partial charge in [-0.15, -0.1) is 0 Å². The molecule has 96 valence electrons. The summed E-state index contributed by atoms with van der Waals surface area (Å²) in [4.78, 5) is 23.8. The highest BCUT2D eigenvalue weighted by Gasteiger charge is 2.33. The molecule has 1 saturated heterocycles. The zero-order valence-corrected chi connectivity index (χ0v) is 9.98. The third-order valence-electron chi connectivity index (χ3n) is 2.58. The summed E-state index contributed by atoms with van der Waals surface area (Å²) in [7, 11) is 0. The average Bonchev–Trinajstić information content (AvgIpc) is 2.65. The third kappa shape index (κ3) is 4.05. The van der Waals surface area contributed by atoms with Gasteiger partial charge in [-0.3, -0.25) is 4.79 Å². The molecule has 17 heavy (non-hydrogen) atoms. The number of amides is 2. The monoisotopic (exact) mass is 244 g/mol. The number of rotatable bonds is 5. The maximum Gasteiger partial charge on any atom is 0.410 e. The van der Waals surface area contributed by atoms with E-state index in [1.165, 1.54) is 17.9 Å². The maximum absolute atomic E-state index is 11.9. The van der Waals surface area contributed by atoms with Crippen molar-refractivity contribution in [2.75, 3.05) is 13.1 Å². The van der Waals surface area contributed by atoms with E-state index in [1.807, 2.05) is 6.92 Å². The molecule has 2 atom stereocenters. The fourth-order valence-corrected chi connectivity index (χ4v) is 1.64. The molecule has 1 rings (SSSR count). The van der Waals surface area contributed by atoms with Crippen LogP contribution in [0.4, 0.5) is 9.18 Å². The third-order valence-corrected chi connectivity index (χ3v) is 2.58. The number of hydrogen-bond donors (Lipinski definition) is 1. The van der Waals surface area contributed by atoms with Crippen molar-refractivity contribution in [3.63, 3.8) is 0 Å². The molecule has 0 aliphatic carbocycles. The molecule has 0 saturated carbocycles. The first-order valence-electron chi connectivity index (χ1n) is 5.51. The summed E-state index contributed by atoms with van der Waals surface area (Å²) in [5.74, 6) is -0.159. The van der Waals surface area contributed by atoms with Crippen molar-refractivity contribution in [2.24, 2.45) is 0 Å². The Bertz CT molecular complexity index is 320. The molecule has 0 aromatic carbocycles. The Morgan fingerprint density at radius 2 is 2.47 bits per heavy atom. The van der Waals surface area contributed by atoms with Crippen molar-refractivity contribution in [3.05, 3.63) is 12.4 Å². The Labute approximate surface area is 99.6 Å². The average molecular weight is 244 g/mol. The molecule has 1 aliphatic rings. The summed E-state index contributed by atoms with van der Waals surface area (Å²) >= 11 is 0. The Morgan fingerprint density at radius 1 is 1.76 bits per heavy atom. The van der Waals surface area contributed by atoms with Gasteiger partial charge in [0.15, 0.2) is 0 Å². The van der Waals surface area contributed by atoms with Gasteiger partial charge in [-0.05, 0) is 13.3 Å². The first-order chi connectivity index (χ1) is 8.04. The van der Waals surface area contributed by atoms with Crippen LogP contribution in [0.2, 0.25) is 0 Å². The van der Waals surface area contributed by atoms with Crippen molar-refractivity contribution >= 4 is 12.0 Å². The predicted octanol–water partition coefficient (Wildman–Crippen LogP) is 1.21. The van der Waals surface area contributed by atoms with Crippen LogP contribution < -0.4 is 5.32 Å². The zero-order valence-electron chi connectivity index (χ0n) is 9.98. The molecule has 0 bridgehead atoms. The van der Waals surface area contributed by atoms with Crippen molar-refractivity contribution in [2.45, 2.75) is 32.4 Å². The molecular weight excluding hydrogens is 227 g/mol. The smallest absolute Gasteiger partial charge is 0.410 e. The molecule has 5 nitrogen and oxygen atoms in total. The predicted molar refractivity (Wildman–Crippen MR) is 60.0 cm³/mol. The zero-order chi connectivity index (χ0) is 12.8. The van der Waals surface area contributed by atoms with Gasteiger partial charge in [0.1, 0.15) is 6.10 Å². The minimum Gasteiger partial charge on any atom is -0.442 e. The summed E-state index contributed by atoms with van der Waals surface area (Å²) in [6.07, 6.45) is 1.52. The Hall–Kier alpha value is -1.59. The molecule has 0 aromatic rings. The van der Waals surface area contributed by atoms with Crippen molar-refractivity contribution in [1.29, 1.82) is 0 Å². The number of carbonyl (C=O) groups is 2. The molecule has 0 aromatic heterocycles. The highest BCUT2D eigenvalue weighted by atomic mass is 19.1. The van der Waals surface area contributed by atoms with Crippen LogP contribution in [-0.2, 0) is 9.53 Å². The standard InChI is InChI=1S/C11H17FN2O3/c1-8(4-3-5-12)14-7-10(17-11(14)16)6-13-9(2)15/h3,5,8,10H,4,6-7H2,1-2H3,(H,13,15)/b5-3+. The molecule has 0 radical (unpaired) electrons. The lowest BCUT2D eigenvalue weighted by Crippen LogP contribution is -2.36. The maximum atomic E-state index is 11.9. The number of ether oxygens (including phenoxy) is 1. The van der Waals surface area contributed by atoms with Crippen LogP contribution in [-0.4, -0.2) is 42.1 Å². The van der Waals surface area contributed by atoms with Crippen LogP contribution in [0.15, 0.2) is 12.4 Å². The fraction of sp³-hybridized carbons (Fsp3) is 0.636. The van der Waals surface area contributed by atoms with E-state index < -0.39 is 6.09 Å². The second-order valence-electron chi connectivity index (χ2n) is 4.04. The molecule has 2 unspecified atom stereocenters. The Morgan fingerprint density at radius 3 is 3.06 bits per heavy atom. The lowest BCUT2D eigenvalue weighted by molar-refractivity contribution is -0.119. The first-order valence-corrected chi connectivity index (χ1v) is 5.51. The number of nitrogens with one attached hydrogen (secondary N) is 1. The summed E-state index contributed by atoms with van der Waals surface area (Å²) in [6, 6.07) is -0.114. The second-order valence-corrected chi connectivity index (χ2v) is 4.04. The highest BCUT2D eigenvalue weighted by molar-refractivity contribution is 5.73. The normalized spacial score (nSPS) is 21.7. The van der Waals surface area contributed by atoms with E-state index >= 15 is 0 Å². The molecule has 1 heterocycles. The van der Waals surface area contributed by atoms with Crippen LogP contribution in [0.25, 0.3) is 0 Å². The van der Waals surface area contributed by atoms with Crippen molar-refractivity contribution in [3.8, 4) is 0 Å². The van der Waals surface area contributed by atoms with Gasteiger partial charge < -0.3 is 15.0 Å². The van der Waals surface area contributed by atoms with Crippen LogP contribution in [0, 0.1) is 0 Å². The topological polar surface area (TPSA) is 58.6 Å². The van der Waals surface area contributed by atoms with E-state index in [-0.39, 0.29) is 18.1 Å². The van der Waals surface area contributed by atoms with E-state index in [1.54, 1.807) is 0 Å². The molecular formula is C11H17FN2O3.